The van der Waals surface area contributed by atoms with Crippen molar-refractivity contribution in [1.29, 1.82) is 0 Å². The molecular formula is C14H24N4. The summed E-state index contributed by atoms with van der Waals surface area (Å²) in [6, 6.07) is 0.512. The quantitative estimate of drug-likeness (QED) is 0.812. The predicted molar refractivity (Wildman–Crippen MR) is 76.1 cm³/mol. The lowest BCUT2D eigenvalue weighted by atomic mass is 10.2. The van der Waals surface area contributed by atoms with E-state index in [9.17, 15) is 0 Å². The summed E-state index contributed by atoms with van der Waals surface area (Å²) in [4.78, 5) is 9.17. The fourth-order valence-corrected chi connectivity index (χ4v) is 2.13. The van der Waals surface area contributed by atoms with E-state index >= 15 is 0 Å². The van der Waals surface area contributed by atoms with E-state index in [1.54, 1.807) is 0 Å². The van der Waals surface area contributed by atoms with Crippen molar-refractivity contribution < 1.29 is 0 Å². The smallest absolute Gasteiger partial charge is 0.134 e. The maximum absolute atomic E-state index is 4.62. The van der Waals surface area contributed by atoms with Crippen molar-refractivity contribution in [2.24, 2.45) is 5.92 Å². The Morgan fingerprint density at radius 2 is 1.89 bits per heavy atom. The van der Waals surface area contributed by atoms with Crippen molar-refractivity contribution in [3.8, 4) is 0 Å². The van der Waals surface area contributed by atoms with Gasteiger partial charge in [-0.15, -0.1) is 0 Å². The molecule has 1 unspecified atom stereocenters. The van der Waals surface area contributed by atoms with E-state index < -0.39 is 0 Å². The average molecular weight is 248 g/mol. The van der Waals surface area contributed by atoms with Gasteiger partial charge in [0.15, 0.2) is 0 Å². The van der Waals surface area contributed by atoms with Crippen LogP contribution in [0.1, 0.15) is 45.0 Å². The Morgan fingerprint density at radius 1 is 1.22 bits per heavy atom. The van der Waals surface area contributed by atoms with Crippen molar-refractivity contribution >= 4 is 11.6 Å². The van der Waals surface area contributed by atoms with Gasteiger partial charge >= 0.3 is 0 Å². The van der Waals surface area contributed by atoms with E-state index in [1.165, 1.54) is 12.8 Å². The van der Waals surface area contributed by atoms with Gasteiger partial charge < -0.3 is 10.6 Å². The summed E-state index contributed by atoms with van der Waals surface area (Å²) in [5.74, 6) is 3.70. The number of aryl methyl sites for hydroxylation is 1. The Labute approximate surface area is 110 Å². The summed E-state index contributed by atoms with van der Waals surface area (Å²) in [5.41, 5.74) is 1.13. The molecule has 4 nitrogen and oxygen atoms in total. The third-order valence-electron chi connectivity index (χ3n) is 3.55. The van der Waals surface area contributed by atoms with E-state index in [4.69, 9.17) is 0 Å². The Balaban J connectivity index is 2.22. The van der Waals surface area contributed by atoms with Crippen LogP contribution in [0.15, 0.2) is 0 Å². The van der Waals surface area contributed by atoms with Crippen LogP contribution in [0.5, 0.6) is 0 Å². The van der Waals surface area contributed by atoms with Crippen LogP contribution in [0, 0.1) is 12.8 Å². The number of nitrogens with one attached hydrogen (secondary N) is 2. The largest absolute Gasteiger partial charge is 0.370 e. The van der Waals surface area contributed by atoms with E-state index in [0.29, 0.717) is 6.04 Å². The van der Waals surface area contributed by atoms with Gasteiger partial charge in [-0.2, -0.15) is 0 Å². The zero-order chi connectivity index (χ0) is 13.1. The molecule has 2 rings (SSSR count). The molecule has 1 aromatic heterocycles. The van der Waals surface area contributed by atoms with E-state index in [1.807, 2.05) is 0 Å². The molecule has 0 spiro atoms. The number of hydrogen-bond donors (Lipinski definition) is 2. The van der Waals surface area contributed by atoms with Crippen LogP contribution < -0.4 is 10.6 Å². The molecule has 1 atom stereocenters. The molecule has 1 aromatic rings. The van der Waals surface area contributed by atoms with Gasteiger partial charge in [0.05, 0.1) is 0 Å². The standard InChI is InChI=1S/C14H24N4/c1-5-12-17-13(15-6-2)9(3)14(18-12)16-10(4)11-7-8-11/h10-11H,5-8H2,1-4H3,(H2,15,16,17,18). The topological polar surface area (TPSA) is 49.8 Å². The highest BCUT2D eigenvalue weighted by Crippen LogP contribution is 2.34. The fraction of sp³-hybridized carbons (Fsp3) is 0.714. The Kier molecular flexibility index (Phi) is 4.04. The number of rotatable bonds is 6. The second-order valence-electron chi connectivity index (χ2n) is 5.12. The number of nitrogens with zero attached hydrogens (tertiary/aromatic N) is 2. The van der Waals surface area contributed by atoms with Crippen molar-refractivity contribution in [3.05, 3.63) is 11.4 Å². The summed E-state index contributed by atoms with van der Waals surface area (Å²) < 4.78 is 0. The van der Waals surface area contributed by atoms with Gasteiger partial charge in [0.1, 0.15) is 17.5 Å². The van der Waals surface area contributed by atoms with Crippen molar-refractivity contribution in [2.75, 3.05) is 17.2 Å². The second kappa shape index (κ2) is 5.55. The predicted octanol–water partition coefficient (Wildman–Crippen LogP) is 2.99. The molecular weight excluding hydrogens is 224 g/mol. The molecule has 2 N–H and O–H groups in total. The first-order valence-corrected chi connectivity index (χ1v) is 7.03. The molecule has 1 saturated carbocycles. The molecule has 0 radical (unpaired) electrons. The summed E-state index contributed by atoms with van der Waals surface area (Å²) in [6.07, 6.45) is 3.56. The van der Waals surface area contributed by atoms with Gasteiger partial charge in [0.25, 0.3) is 0 Å². The lowest BCUT2D eigenvalue weighted by molar-refractivity contribution is 0.688. The van der Waals surface area contributed by atoms with Crippen LogP contribution in [0.3, 0.4) is 0 Å². The first-order chi connectivity index (χ1) is 8.65. The van der Waals surface area contributed by atoms with Crippen LogP contribution in [-0.2, 0) is 6.42 Å². The number of hydrogen-bond acceptors (Lipinski definition) is 4. The minimum Gasteiger partial charge on any atom is -0.370 e. The van der Waals surface area contributed by atoms with Crippen molar-refractivity contribution in [3.63, 3.8) is 0 Å². The highest BCUT2D eigenvalue weighted by molar-refractivity contribution is 5.57. The minimum atomic E-state index is 0.512. The highest BCUT2D eigenvalue weighted by Gasteiger charge is 2.28. The van der Waals surface area contributed by atoms with E-state index in [0.717, 1.165) is 41.9 Å². The maximum Gasteiger partial charge on any atom is 0.134 e. The molecule has 0 amide bonds. The van der Waals surface area contributed by atoms with Crippen LogP contribution in [0.2, 0.25) is 0 Å². The zero-order valence-corrected chi connectivity index (χ0v) is 11.9. The molecule has 1 fully saturated rings. The Morgan fingerprint density at radius 3 is 2.44 bits per heavy atom. The first kappa shape index (κ1) is 13.1. The van der Waals surface area contributed by atoms with Crippen LogP contribution >= 0.6 is 0 Å². The first-order valence-electron chi connectivity index (χ1n) is 7.03. The number of anilines is 2. The van der Waals surface area contributed by atoms with Crippen LogP contribution in [0.25, 0.3) is 0 Å². The third kappa shape index (κ3) is 2.92. The summed E-state index contributed by atoms with van der Waals surface area (Å²) in [5, 5.41) is 6.87. The van der Waals surface area contributed by atoms with Gasteiger partial charge in [0.2, 0.25) is 0 Å². The zero-order valence-electron chi connectivity index (χ0n) is 11.9. The lowest BCUT2D eigenvalue weighted by Crippen LogP contribution is -2.20. The second-order valence-corrected chi connectivity index (χ2v) is 5.12. The van der Waals surface area contributed by atoms with Crippen molar-refractivity contribution in [2.45, 2.75) is 53.0 Å². The van der Waals surface area contributed by atoms with Gasteiger partial charge in [0, 0.05) is 24.6 Å². The Hall–Kier alpha value is -1.32. The molecule has 0 saturated heterocycles. The molecule has 1 aliphatic rings. The monoisotopic (exact) mass is 248 g/mol. The molecule has 1 aliphatic carbocycles. The normalized spacial score (nSPS) is 16.4. The SMILES string of the molecule is CCNc1nc(CC)nc(NC(C)C2CC2)c1C. The van der Waals surface area contributed by atoms with Gasteiger partial charge in [-0.1, -0.05) is 6.92 Å². The van der Waals surface area contributed by atoms with Gasteiger partial charge in [-0.25, -0.2) is 9.97 Å². The minimum absolute atomic E-state index is 0.512. The molecule has 4 heteroatoms. The summed E-state index contributed by atoms with van der Waals surface area (Å²) >= 11 is 0. The third-order valence-corrected chi connectivity index (χ3v) is 3.55. The molecule has 100 valence electrons. The van der Waals surface area contributed by atoms with Crippen molar-refractivity contribution in [1.82, 2.24) is 9.97 Å². The average Bonchev–Trinajstić information content (AvgIpc) is 3.18. The van der Waals surface area contributed by atoms with Gasteiger partial charge in [-0.3, -0.25) is 0 Å². The fourth-order valence-electron chi connectivity index (χ4n) is 2.13. The number of aromatic nitrogens is 2. The van der Waals surface area contributed by atoms with E-state index in [2.05, 4.69) is 48.3 Å². The van der Waals surface area contributed by atoms with Crippen LogP contribution in [-0.4, -0.2) is 22.6 Å². The Bertz CT molecular complexity index is 413. The molecule has 18 heavy (non-hydrogen) atoms. The summed E-state index contributed by atoms with van der Waals surface area (Å²) in [7, 11) is 0. The van der Waals surface area contributed by atoms with Gasteiger partial charge in [-0.05, 0) is 39.5 Å². The van der Waals surface area contributed by atoms with E-state index in [-0.39, 0.29) is 0 Å². The lowest BCUT2D eigenvalue weighted by Gasteiger charge is -2.18. The molecule has 0 aliphatic heterocycles. The molecule has 0 bridgehead atoms. The van der Waals surface area contributed by atoms with Crippen LogP contribution in [0.4, 0.5) is 11.6 Å². The molecule has 1 heterocycles. The highest BCUT2D eigenvalue weighted by atomic mass is 15.1. The maximum atomic E-state index is 4.62. The summed E-state index contributed by atoms with van der Waals surface area (Å²) in [6.45, 7) is 9.40. The molecule has 0 aromatic carbocycles.